The number of aryl methyl sites for hydroxylation is 1. The van der Waals surface area contributed by atoms with Crippen LogP contribution in [0, 0.1) is 6.92 Å². The molecule has 0 radical (unpaired) electrons. The SMILES string of the molecule is C=CCCCCCC(NC)c1scc(C)c1Cl. The zero-order valence-electron chi connectivity index (χ0n) is 10.8. The molecule has 0 aliphatic rings. The van der Waals surface area contributed by atoms with Crippen LogP contribution in [0.15, 0.2) is 18.0 Å². The third kappa shape index (κ3) is 4.46. The summed E-state index contributed by atoms with van der Waals surface area (Å²) in [6.07, 6.45) is 8.04. The van der Waals surface area contributed by atoms with E-state index in [4.69, 9.17) is 11.6 Å². The monoisotopic (exact) mass is 271 g/mol. The molecule has 0 amide bonds. The Morgan fingerprint density at radius 1 is 1.47 bits per heavy atom. The number of thiophene rings is 1. The first-order valence-corrected chi connectivity index (χ1v) is 7.48. The third-order valence-electron chi connectivity index (χ3n) is 2.99. The van der Waals surface area contributed by atoms with E-state index in [0.29, 0.717) is 6.04 Å². The molecule has 0 spiro atoms. The van der Waals surface area contributed by atoms with Gasteiger partial charge in [-0.1, -0.05) is 30.5 Å². The summed E-state index contributed by atoms with van der Waals surface area (Å²) in [5, 5.41) is 6.45. The molecule has 0 aromatic carbocycles. The van der Waals surface area contributed by atoms with Crippen molar-refractivity contribution in [2.45, 2.75) is 45.1 Å². The number of rotatable bonds is 8. The molecular weight excluding hydrogens is 250 g/mol. The van der Waals surface area contributed by atoms with Crippen molar-refractivity contribution >= 4 is 22.9 Å². The number of nitrogens with one attached hydrogen (secondary N) is 1. The van der Waals surface area contributed by atoms with Gasteiger partial charge in [-0.2, -0.15) is 0 Å². The summed E-state index contributed by atoms with van der Waals surface area (Å²) in [4.78, 5) is 1.29. The maximum atomic E-state index is 6.30. The lowest BCUT2D eigenvalue weighted by molar-refractivity contribution is 0.514. The Morgan fingerprint density at radius 3 is 2.76 bits per heavy atom. The molecule has 1 heterocycles. The second kappa shape index (κ2) is 7.91. The van der Waals surface area contributed by atoms with Gasteiger partial charge in [-0.25, -0.2) is 0 Å². The van der Waals surface area contributed by atoms with Crippen LogP contribution < -0.4 is 5.32 Å². The molecule has 1 N–H and O–H groups in total. The average Bonchev–Trinajstić information content (AvgIpc) is 2.66. The highest BCUT2D eigenvalue weighted by Gasteiger charge is 2.15. The summed E-state index contributed by atoms with van der Waals surface area (Å²) in [5.74, 6) is 0. The lowest BCUT2D eigenvalue weighted by Crippen LogP contribution is -2.15. The summed E-state index contributed by atoms with van der Waals surface area (Å²) in [6.45, 7) is 5.81. The minimum Gasteiger partial charge on any atom is -0.312 e. The first-order valence-electron chi connectivity index (χ1n) is 6.22. The fraction of sp³-hybridized carbons (Fsp3) is 0.571. The summed E-state index contributed by atoms with van der Waals surface area (Å²) >= 11 is 8.07. The summed E-state index contributed by atoms with van der Waals surface area (Å²) in [6, 6.07) is 0.407. The van der Waals surface area contributed by atoms with Crippen molar-refractivity contribution in [3.05, 3.63) is 33.5 Å². The van der Waals surface area contributed by atoms with Gasteiger partial charge in [0.15, 0.2) is 0 Å². The fourth-order valence-electron chi connectivity index (χ4n) is 1.91. The van der Waals surface area contributed by atoms with E-state index in [-0.39, 0.29) is 0 Å². The van der Waals surface area contributed by atoms with Crippen LogP contribution in [0.1, 0.15) is 48.6 Å². The maximum absolute atomic E-state index is 6.30. The van der Waals surface area contributed by atoms with Crippen molar-refractivity contribution in [1.29, 1.82) is 0 Å². The zero-order valence-corrected chi connectivity index (χ0v) is 12.3. The fourth-order valence-corrected chi connectivity index (χ4v) is 3.38. The van der Waals surface area contributed by atoms with Crippen LogP contribution in [-0.2, 0) is 0 Å². The van der Waals surface area contributed by atoms with Gasteiger partial charge >= 0.3 is 0 Å². The highest BCUT2D eigenvalue weighted by molar-refractivity contribution is 7.10. The highest BCUT2D eigenvalue weighted by atomic mass is 35.5. The summed E-state index contributed by atoms with van der Waals surface area (Å²) in [5.41, 5.74) is 1.19. The van der Waals surface area contributed by atoms with Crippen molar-refractivity contribution in [3.8, 4) is 0 Å². The third-order valence-corrected chi connectivity index (χ3v) is 4.82. The number of unbranched alkanes of at least 4 members (excludes halogenated alkanes) is 3. The maximum Gasteiger partial charge on any atom is 0.0590 e. The molecule has 1 nitrogen and oxygen atoms in total. The normalized spacial score (nSPS) is 12.6. The average molecular weight is 272 g/mol. The van der Waals surface area contributed by atoms with Gasteiger partial charge in [-0.15, -0.1) is 17.9 Å². The first-order chi connectivity index (χ1) is 8.20. The molecule has 0 bridgehead atoms. The van der Waals surface area contributed by atoms with E-state index in [1.165, 1.54) is 29.7 Å². The Bertz CT molecular complexity index is 346. The summed E-state index contributed by atoms with van der Waals surface area (Å²) < 4.78 is 0. The van der Waals surface area contributed by atoms with Gasteiger partial charge in [0.05, 0.1) is 5.02 Å². The molecule has 1 atom stereocenters. The van der Waals surface area contributed by atoms with E-state index in [1.807, 2.05) is 13.1 Å². The van der Waals surface area contributed by atoms with Crippen molar-refractivity contribution < 1.29 is 0 Å². The van der Waals surface area contributed by atoms with Crippen molar-refractivity contribution in [3.63, 3.8) is 0 Å². The molecule has 96 valence electrons. The van der Waals surface area contributed by atoms with Crippen molar-refractivity contribution in [2.75, 3.05) is 7.05 Å². The van der Waals surface area contributed by atoms with E-state index in [0.717, 1.165) is 17.9 Å². The standard InChI is InChI=1S/C14H22ClNS/c1-4-5-6-7-8-9-12(16-3)14-13(15)11(2)10-17-14/h4,10,12,16H,1,5-9H2,2-3H3. The highest BCUT2D eigenvalue weighted by Crippen LogP contribution is 2.34. The van der Waals surface area contributed by atoms with Crippen molar-refractivity contribution in [1.82, 2.24) is 5.32 Å². The van der Waals surface area contributed by atoms with Gasteiger partial charge in [0.25, 0.3) is 0 Å². The molecule has 1 aromatic heterocycles. The van der Waals surface area contributed by atoms with Gasteiger partial charge < -0.3 is 5.32 Å². The topological polar surface area (TPSA) is 12.0 Å². The predicted molar refractivity (Wildman–Crippen MR) is 79.1 cm³/mol. The second-order valence-electron chi connectivity index (χ2n) is 4.36. The molecule has 0 saturated heterocycles. The van der Waals surface area contributed by atoms with Gasteiger partial charge in [0.1, 0.15) is 0 Å². The Kier molecular flexibility index (Phi) is 6.86. The quantitative estimate of drug-likeness (QED) is 0.512. The number of allylic oxidation sites excluding steroid dienone is 1. The second-order valence-corrected chi connectivity index (χ2v) is 5.65. The van der Waals surface area contributed by atoms with E-state index in [1.54, 1.807) is 11.3 Å². The molecule has 0 saturated carbocycles. The van der Waals surface area contributed by atoms with E-state index in [2.05, 4.69) is 24.2 Å². The Morgan fingerprint density at radius 2 is 2.24 bits per heavy atom. The van der Waals surface area contributed by atoms with Crippen LogP contribution in [0.4, 0.5) is 0 Å². The van der Waals surface area contributed by atoms with E-state index >= 15 is 0 Å². The van der Waals surface area contributed by atoms with E-state index in [9.17, 15) is 0 Å². The molecule has 1 aromatic rings. The van der Waals surface area contributed by atoms with Crippen LogP contribution in [0.3, 0.4) is 0 Å². The van der Waals surface area contributed by atoms with Crippen LogP contribution in [-0.4, -0.2) is 7.05 Å². The Hall–Kier alpha value is -0.310. The lowest BCUT2D eigenvalue weighted by Gasteiger charge is -2.15. The van der Waals surface area contributed by atoms with Crippen molar-refractivity contribution in [2.24, 2.45) is 0 Å². The molecule has 1 unspecified atom stereocenters. The smallest absolute Gasteiger partial charge is 0.0590 e. The lowest BCUT2D eigenvalue weighted by atomic mass is 10.1. The molecule has 1 rings (SSSR count). The van der Waals surface area contributed by atoms with Gasteiger partial charge in [0.2, 0.25) is 0 Å². The molecule has 0 aliphatic heterocycles. The van der Waals surface area contributed by atoms with Crippen LogP contribution in [0.25, 0.3) is 0 Å². The molecule has 17 heavy (non-hydrogen) atoms. The van der Waals surface area contributed by atoms with Gasteiger partial charge in [-0.05, 0) is 44.2 Å². The number of hydrogen-bond donors (Lipinski definition) is 1. The van der Waals surface area contributed by atoms with Crippen LogP contribution in [0.2, 0.25) is 5.02 Å². The first kappa shape index (κ1) is 14.7. The molecule has 0 fully saturated rings. The molecule has 0 aliphatic carbocycles. The minimum absolute atomic E-state index is 0.407. The Labute approximate surface area is 114 Å². The van der Waals surface area contributed by atoms with Crippen LogP contribution >= 0.6 is 22.9 Å². The summed E-state index contributed by atoms with van der Waals surface area (Å²) in [7, 11) is 2.01. The van der Waals surface area contributed by atoms with E-state index < -0.39 is 0 Å². The molecule has 3 heteroatoms. The largest absolute Gasteiger partial charge is 0.312 e. The minimum atomic E-state index is 0.407. The predicted octanol–water partition coefficient (Wildman–Crippen LogP) is 5.11. The van der Waals surface area contributed by atoms with Crippen LogP contribution in [0.5, 0.6) is 0 Å². The number of halogens is 1. The van der Waals surface area contributed by atoms with Gasteiger partial charge in [0, 0.05) is 10.9 Å². The number of hydrogen-bond acceptors (Lipinski definition) is 2. The van der Waals surface area contributed by atoms with Gasteiger partial charge in [-0.3, -0.25) is 0 Å². The Balaban J connectivity index is 2.43. The molecular formula is C14H22ClNS. The zero-order chi connectivity index (χ0) is 12.7.